The van der Waals surface area contributed by atoms with E-state index in [9.17, 15) is 0 Å². The zero-order chi connectivity index (χ0) is 16.1. The summed E-state index contributed by atoms with van der Waals surface area (Å²) in [6, 6.07) is 20.0. The first kappa shape index (κ1) is 13.6. The maximum absolute atomic E-state index is 4.87. The van der Waals surface area contributed by atoms with Crippen LogP contribution in [0.4, 0.5) is 0 Å². The highest BCUT2D eigenvalue weighted by Crippen LogP contribution is 2.36. The standard InChI is InChI=1S/C21H19N3/c1-23-12-11-17(14-23)16-7-8-18-20(13-16)24-19(9-10-21(24)22-18)15-5-3-2-4-6-15/h2-8,11-14,19H,9-10H2,1H3. The van der Waals surface area contributed by atoms with Gasteiger partial charge in [0.25, 0.3) is 0 Å². The second-order valence-electron chi connectivity index (χ2n) is 6.63. The molecule has 1 atom stereocenters. The van der Waals surface area contributed by atoms with Crippen LogP contribution in [0.2, 0.25) is 0 Å². The van der Waals surface area contributed by atoms with Gasteiger partial charge in [0, 0.05) is 25.9 Å². The van der Waals surface area contributed by atoms with E-state index in [1.165, 1.54) is 28.0 Å². The summed E-state index contributed by atoms with van der Waals surface area (Å²) in [5, 5.41) is 0. The summed E-state index contributed by atoms with van der Waals surface area (Å²) in [6.45, 7) is 0. The monoisotopic (exact) mass is 313 g/mol. The molecular formula is C21H19N3. The van der Waals surface area contributed by atoms with Crippen LogP contribution in [-0.2, 0) is 13.5 Å². The van der Waals surface area contributed by atoms with E-state index >= 15 is 0 Å². The number of benzene rings is 2. The fourth-order valence-electron chi connectivity index (χ4n) is 3.91. The molecule has 2 aromatic heterocycles. The number of fused-ring (bicyclic) bond motifs is 3. The minimum absolute atomic E-state index is 0.400. The summed E-state index contributed by atoms with van der Waals surface area (Å²) in [7, 11) is 2.06. The Labute approximate surface area is 141 Å². The van der Waals surface area contributed by atoms with Crippen molar-refractivity contribution in [2.45, 2.75) is 18.9 Å². The van der Waals surface area contributed by atoms with E-state index in [0.29, 0.717) is 6.04 Å². The number of aryl methyl sites for hydroxylation is 2. The number of hydrogen-bond donors (Lipinski definition) is 0. The third-order valence-electron chi connectivity index (χ3n) is 5.07. The molecule has 24 heavy (non-hydrogen) atoms. The zero-order valence-corrected chi connectivity index (χ0v) is 13.7. The second kappa shape index (κ2) is 5.10. The van der Waals surface area contributed by atoms with Gasteiger partial charge >= 0.3 is 0 Å². The van der Waals surface area contributed by atoms with Crippen LogP contribution in [0.15, 0.2) is 67.0 Å². The van der Waals surface area contributed by atoms with Crippen molar-refractivity contribution in [2.75, 3.05) is 0 Å². The highest BCUT2D eigenvalue weighted by atomic mass is 15.1. The molecule has 0 N–H and O–H groups in total. The summed E-state index contributed by atoms with van der Waals surface area (Å²) >= 11 is 0. The molecule has 0 saturated carbocycles. The molecule has 4 aromatic rings. The molecule has 0 saturated heterocycles. The Morgan fingerprint density at radius 3 is 2.67 bits per heavy atom. The van der Waals surface area contributed by atoms with E-state index in [4.69, 9.17) is 4.98 Å². The van der Waals surface area contributed by atoms with E-state index < -0.39 is 0 Å². The average molecular weight is 313 g/mol. The molecule has 1 unspecified atom stereocenters. The lowest BCUT2D eigenvalue weighted by atomic mass is 10.0. The maximum atomic E-state index is 4.87. The van der Waals surface area contributed by atoms with Crippen LogP contribution in [0.3, 0.4) is 0 Å². The topological polar surface area (TPSA) is 22.8 Å². The van der Waals surface area contributed by atoms with E-state index in [1.807, 2.05) is 0 Å². The van der Waals surface area contributed by atoms with Crippen molar-refractivity contribution in [3.05, 3.63) is 78.4 Å². The Morgan fingerprint density at radius 1 is 1.00 bits per heavy atom. The maximum Gasteiger partial charge on any atom is 0.110 e. The van der Waals surface area contributed by atoms with Gasteiger partial charge in [0.1, 0.15) is 5.82 Å². The Hall–Kier alpha value is -2.81. The minimum atomic E-state index is 0.400. The first-order chi connectivity index (χ1) is 11.8. The van der Waals surface area contributed by atoms with Crippen molar-refractivity contribution >= 4 is 11.0 Å². The third kappa shape index (κ3) is 2.01. The van der Waals surface area contributed by atoms with Crippen LogP contribution in [-0.4, -0.2) is 14.1 Å². The van der Waals surface area contributed by atoms with Crippen LogP contribution in [0, 0.1) is 0 Å². The molecule has 3 nitrogen and oxygen atoms in total. The zero-order valence-electron chi connectivity index (χ0n) is 13.7. The smallest absolute Gasteiger partial charge is 0.110 e. The summed E-state index contributed by atoms with van der Waals surface area (Å²) in [5.74, 6) is 1.21. The fraction of sp³-hybridized carbons (Fsp3) is 0.190. The van der Waals surface area contributed by atoms with Crippen molar-refractivity contribution < 1.29 is 0 Å². The van der Waals surface area contributed by atoms with Crippen molar-refractivity contribution in [1.82, 2.24) is 14.1 Å². The Morgan fingerprint density at radius 2 is 1.88 bits per heavy atom. The number of imidazole rings is 1. The van der Waals surface area contributed by atoms with Gasteiger partial charge < -0.3 is 9.13 Å². The molecule has 5 rings (SSSR count). The number of hydrogen-bond acceptors (Lipinski definition) is 1. The van der Waals surface area contributed by atoms with Crippen LogP contribution in [0.5, 0.6) is 0 Å². The molecule has 0 spiro atoms. The average Bonchev–Trinajstić information content (AvgIpc) is 3.30. The summed E-state index contributed by atoms with van der Waals surface area (Å²) in [6.07, 6.45) is 6.44. The predicted molar refractivity (Wildman–Crippen MR) is 97.0 cm³/mol. The van der Waals surface area contributed by atoms with Gasteiger partial charge in [-0.15, -0.1) is 0 Å². The predicted octanol–water partition coefficient (Wildman–Crippen LogP) is 4.58. The van der Waals surface area contributed by atoms with Gasteiger partial charge in [0.05, 0.1) is 17.1 Å². The van der Waals surface area contributed by atoms with Crippen molar-refractivity contribution in [3.63, 3.8) is 0 Å². The lowest BCUT2D eigenvalue weighted by Crippen LogP contribution is -2.05. The molecule has 2 aromatic carbocycles. The number of rotatable bonds is 2. The molecule has 0 fully saturated rings. The van der Waals surface area contributed by atoms with Crippen molar-refractivity contribution in [1.29, 1.82) is 0 Å². The lowest BCUT2D eigenvalue weighted by Gasteiger charge is -2.15. The number of aromatic nitrogens is 3. The van der Waals surface area contributed by atoms with Crippen molar-refractivity contribution in [2.24, 2.45) is 7.05 Å². The van der Waals surface area contributed by atoms with Gasteiger partial charge in [-0.05, 0) is 41.3 Å². The molecular weight excluding hydrogens is 294 g/mol. The van der Waals surface area contributed by atoms with Crippen LogP contribution >= 0.6 is 0 Å². The second-order valence-corrected chi connectivity index (χ2v) is 6.63. The van der Waals surface area contributed by atoms with Gasteiger partial charge in [-0.25, -0.2) is 4.98 Å². The van der Waals surface area contributed by atoms with Crippen LogP contribution in [0.25, 0.3) is 22.2 Å². The third-order valence-corrected chi connectivity index (χ3v) is 5.07. The van der Waals surface area contributed by atoms with E-state index in [2.05, 4.69) is 83.2 Å². The number of nitrogens with zero attached hydrogens (tertiary/aromatic N) is 3. The first-order valence-electron chi connectivity index (χ1n) is 8.48. The van der Waals surface area contributed by atoms with Crippen molar-refractivity contribution in [3.8, 4) is 11.1 Å². The molecule has 1 aliphatic rings. The fourth-order valence-corrected chi connectivity index (χ4v) is 3.91. The quantitative estimate of drug-likeness (QED) is 0.531. The normalized spacial score (nSPS) is 16.6. The molecule has 1 aliphatic heterocycles. The first-order valence-corrected chi connectivity index (χ1v) is 8.48. The summed E-state index contributed by atoms with van der Waals surface area (Å²) in [4.78, 5) is 4.87. The summed E-state index contributed by atoms with van der Waals surface area (Å²) < 4.78 is 4.53. The van der Waals surface area contributed by atoms with E-state index in [1.54, 1.807) is 0 Å². The molecule has 118 valence electrons. The van der Waals surface area contributed by atoms with Gasteiger partial charge in [-0.1, -0.05) is 36.4 Å². The molecule has 0 radical (unpaired) electrons. The van der Waals surface area contributed by atoms with Gasteiger partial charge in [0.2, 0.25) is 0 Å². The molecule has 3 heterocycles. The van der Waals surface area contributed by atoms with Gasteiger partial charge in [-0.3, -0.25) is 0 Å². The molecule has 3 heteroatoms. The lowest BCUT2D eigenvalue weighted by molar-refractivity contribution is 0.637. The largest absolute Gasteiger partial charge is 0.357 e. The summed E-state index contributed by atoms with van der Waals surface area (Å²) in [5.41, 5.74) is 6.23. The van der Waals surface area contributed by atoms with Gasteiger partial charge in [0.15, 0.2) is 0 Å². The molecule has 0 aliphatic carbocycles. The molecule has 0 bridgehead atoms. The Kier molecular flexibility index (Phi) is 2.89. The van der Waals surface area contributed by atoms with Crippen LogP contribution in [0.1, 0.15) is 23.9 Å². The Bertz CT molecular complexity index is 1020. The Balaban J connectivity index is 1.68. The van der Waals surface area contributed by atoms with Crippen LogP contribution < -0.4 is 0 Å². The molecule has 0 amide bonds. The van der Waals surface area contributed by atoms with E-state index in [0.717, 1.165) is 18.4 Å². The SMILES string of the molecule is Cn1ccc(-c2ccc3nc4n(c3c2)C(c2ccccc2)CC4)c1. The highest BCUT2D eigenvalue weighted by molar-refractivity contribution is 5.83. The minimum Gasteiger partial charge on any atom is -0.357 e. The van der Waals surface area contributed by atoms with E-state index in [-0.39, 0.29) is 0 Å². The highest BCUT2D eigenvalue weighted by Gasteiger charge is 2.26. The van der Waals surface area contributed by atoms with Gasteiger partial charge in [-0.2, -0.15) is 0 Å².